The fourth-order valence-electron chi connectivity index (χ4n) is 2.56. The minimum Gasteiger partial charge on any atom is -0.347 e. The van der Waals surface area contributed by atoms with E-state index in [1.54, 1.807) is 24.3 Å². The second-order valence-electron chi connectivity index (χ2n) is 7.67. The normalized spacial score (nSPS) is 11.7. The van der Waals surface area contributed by atoms with E-state index in [4.69, 9.17) is 23.2 Å². The largest absolute Gasteiger partial charge is 0.347 e. The first kappa shape index (κ1) is 24.0. The number of hydrogen-bond donors (Lipinski definition) is 2. The van der Waals surface area contributed by atoms with Gasteiger partial charge in [0, 0.05) is 5.54 Å². The summed E-state index contributed by atoms with van der Waals surface area (Å²) in [4.78, 5) is 25.2. The molecule has 0 saturated carbocycles. The molecule has 7 nitrogen and oxygen atoms in total. The number of halogens is 2. The third kappa shape index (κ3) is 6.62. The summed E-state index contributed by atoms with van der Waals surface area (Å²) in [6.45, 7) is 5.01. The van der Waals surface area contributed by atoms with E-state index in [-0.39, 0.29) is 32.9 Å². The lowest BCUT2D eigenvalue weighted by Crippen LogP contribution is -2.41. The summed E-state index contributed by atoms with van der Waals surface area (Å²) in [6.07, 6.45) is 0.980. The lowest BCUT2D eigenvalue weighted by Gasteiger charge is -2.23. The molecular formula is C20H23Cl2N3O4S. The Bertz CT molecular complexity index is 1070. The van der Waals surface area contributed by atoms with Gasteiger partial charge in [-0.2, -0.15) is 0 Å². The van der Waals surface area contributed by atoms with Gasteiger partial charge in [-0.3, -0.25) is 13.9 Å². The van der Waals surface area contributed by atoms with Crippen molar-refractivity contribution >= 4 is 56.4 Å². The Morgan fingerprint density at radius 3 is 2.23 bits per heavy atom. The number of amides is 2. The second kappa shape index (κ2) is 9.24. The first-order chi connectivity index (χ1) is 13.8. The highest BCUT2D eigenvalue weighted by Crippen LogP contribution is 2.28. The molecule has 2 N–H and O–H groups in total. The van der Waals surface area contributed by atoms with Crippen LogP contribution in [0.4, 0.5) is 11.4 Å². The van der Waals surface area contributed by atoms with Gasteiger partial charge >= 0.3 is 0 Å². The van der Waals surface area contributed by atoms with Gasteiger partial charge in [-0.1, -0.05) is 35.3 Å². The highest BCUT2D eigenvalue weighted by molar-refractivity contribution is 7.92. The topological polar surface area (TPSA) is 95.6 Å². The van der Waals surface area contributed by atoms with Crippen LogP contribution in [0, 0.1) is 0 Å². The van der Waals surface area contributed by atoms with Gasteiger partial charge in [0.25, 0.3) is 5.91 Å². The highest BCUT2D eigenvalue weighted by Gasteiger charge is 2.23. The van der Waals surface area contributed by atoms with Gasteiger partial charge in [-0.05, 0) is 51.1 Å². The lowest BCUT2D eigenvalue weighted by atomic mass is 10.1. The van der Waals surface area contributed by atoms with Gasteiger partial charge in [-0.15, -0.1) is 0 Å². The summed E-state index contributed by atoms with van der Waals surface area (Å²) in [5, 5.41) is 5.86. The maximum Gasteiger partial charge on any atom is 0.253 e. The van der Waals surface area contributed by atoms with E-state index in [9.17, 15) is 18.0 Å². The average molecular weight is 472 g/mol. The van der Waals surface area contributed by atoms with Crippen molar-refractivity contribution in [1.82, 2.24) is 5.32 Å². The van der Waals surface area contributed by atoms with Gasteiger partial charge in [-0.25, -0.2) is 8.42 Å². The van der Waals surface area contributed by atoms with Crippen LogP contribution >= 0.6 is 23.2 Å². The smallest absolute Gasteiger partial charge is 0.253 e. The summed E-state index contributed by atoms with van der Waals surface area (Å²) >= 11 is 11.9. The molecule has 30 heavy (non-hydrogen) atoms. The van der Waals surface area contributed by atoms with Crippen LogP contribution in [0.25, 0.3) is 0 Å². The SMILES string of the molecule is CC(C)(C)NC(=O)c1ccccc1NC(=O)CN(c1ccc(Cl)c(Cl)c1)S(C)(=O)=O. The summed E-state index contributed by atoms with van der Waals surface area (Å²) in [7, 11) is -3.79. The van der Waals surface area contributed by atoms with Gasteiger partial charge in [0.2, 0.25) is 15.9 Å². The summed E-state index contributed by atoms with van der Waals surface area (Å²) in [5.41, 5.74) is 0.267. The number of hydrogen-bond acceptors (Lipinski definition) is 4. The maximum absolute atomic E-state index is 12.6. The van der Waals surface area contributed by atoms with Crippen molar-refractivity contribution < 1.29 is 18.0 Å². The Kier molecular flexibility index (Phi) is 7.39. The van der Waals surface area contributed by atoms with E-state index in [0.717, 1.165) is 10.6 Å². The molecule has 2 amide bonds. The Balaban J connectivity index is 2.27. The van der Waals surface area contributed by atoms with Crippen LogP contribution < -0.4 is 14.9 Å². The Morgan fingerprint density at radius 2 is 1.67 bits per heavy atom. The van der Waals surface area contributed by atoms with Crippen molar-refractivity contribution in [1.29, 1.82) is 0 Å². The van der Waals surface area contributed by atoms with Crippen LogP contribution in [0.2, 0.25) is 10.0 Å². The third-order valence-corrected chi connectivity index (χ3v) is 5.69. The molecule has 0 saturated heterocycles. The van der Waals surface area contributed by atoms with Crippen molar-refractivity contribution in [3.63, 3.8) is 0 Å². The van der Waals surface area contributed by atoms with Crippen LogP contribution in [0.5, 0.6) is 0 Å². The number of anilines is 2. The van der Waals surface area contributed by atoms with E-state index in [0.29, 0.717) is 0 Å². The van der Waals surface area contributed by atoms with Crippen LogP contribution in [0.1, 0.15) is 31.1 Å². The van der Waals surface area contributed by atoms with Crippen molar-refractivity contribution in [3.8, 4) is 0 Å². The number of para-hydroxylation sites is 1. The van der Waals surface area contributed by atoms with E-state index >= 15 is 0 Å². The number of carbonyl (C=O) groups excluding carboxylic acids is 2. The molecule has 10 heteroatoms. The molecule has 0 spiro atoms. The molecule has 0 aliphatic heterocycles. The lowest BCUT2D eigenvalue weighted by molar-refractivity contribution is -0.114. The molecular weight excluding hydrogens is 449 g/mol. The van der Waals surface area contributed by atoms with Crippen molar-refractivity contribution in [2.45, 2.75) is 26.3 Å². The monoisotopic (exact) mass is 471 g/mol. The second-order valence-corrected chi connectivity index (χ2v) is 10.4. The molecule has 2 aromatic rings. The predicted octanol–water partition coefficient (Wildman–Crippen LogP) is 3.93. The molecule has 0 aliphatic carbocycles. The Hall–Kier alpha value is -2.29. The number of nitrogens with one attached hydrogen (secondary N) is 2. The molecule has 2 aromatic carbocycles. The fraction of sp³-hybridized carbons (Fsp3) is 0.300. The molecule has 0 unspecified atom stereocenters. The van der Waals surface area contributed by atoms with Crippen LogP contribution in [0.3, 0.4) is 0 Å². The Labute approximate surface area is 186 Å². The van der Waals surface area contributed by atoms with Gasteiger partial charge in [0.05, 0.1) is 33.2 Å². The van der Waals surface area contributed by atoms with Crippen molar-refractivity contribution in [2.24, 2.45) is 0 Å². The van der Waals surface area contributed by atoms with Gasteiger partial charge in [0.15, 0.2) is 0 Å². The molecule has 0 atom stereocenters. The molecule has 0 heterocycles. The minimum atomic E-state index is -3.79. The van der Waals surface area contributed by atoms with Crippen molar-refractivity contribution in [2.75, 3.05) is 22.4 Å². The van der Waals surface area contributed by atoms with E-state index in [1.165, 1.54) is 18.2 Å². The molecule has 0 aromatic heterocycles. The van der Waals surface area contributed by atoms with E-state index < -0.39 is 28.0 Å². The molecule has 0 fully saturated rings. The summed E-state index contributed by atoms with van der Waals surface area (Å²) < 4.78 is 25.4. The first-order valence-electron chi connectivity index (χ1n) is 8.92. The standard InChI is InChI=1S/C20H23Cl2N3O4S/c1-20(2,3)24-19(27)14-7-5-6-8-17(14)23-18(26)12-25(30(4,28)29)13-9-10-15(21)16(22)11-13/h5-11H,12H2,1-4H3,(H,23,26)(H,24,27). The molecule has 0 bridgehead atoms. The number of carbonyl (C=O) groups is 2. The van der Waals surface area contributed by atoms with Crippen molar-refractivity contribution in [3.05, 3.63) is 58.1 Å². The summed E-state index contributed by atoms with van der Waals surface area (Å²) in [5.74, 6) is -0.981. The maximum atomic E-state index is 12.6. The van der Waals surface area contributed by atoms with Crippen LogP contribution in [-0.4, -0.2) is 38.6 Å². The minimum absolute atomic E-state index is 0.160. The molecule has 162 valence electrons. The number of sulfonamides is 1. The molecule has 2 rings (SSSR count). The van der Waals surface area contributed by atoms with E-state index in [1.807, 2.05) is 20.8 Å². The third-order valence-electron chi connectivity index (χ3n) is 3.81. The number of benzene rings is 2. The molecule has 0 aliphatic rings. The van der Waals surface area contributed by atoms with Gasteiger partial charge < -0.3 is 10.6 Å². The van der Waals surface area contributed by atoms with Crippen LogP contribution in [-0.2, 0) is 14.8 Å². The fourth-order valence-corrected chi connectivity index (χ4v) is 3.70. The number of nitrogens with zero attached hydrogens (tertiary/aromatic N) is 1. The van der Waals surface area contributed by atoms with Gasteiger partial charge in [0.1, 0.15) is 6.54 Å². The zero-order chi connectivity index (χ0) is 22.7. The zero-order valence-corrected chi connectivity index (χ0v) is 19.3. The quantitative estimate of drug-likeness (QED) is 0.666. The highest BCUT2D eigenvalue weighted by atomic mass is 35.5. The predicted molar refractivity (Wildman–Crippen MR) is 121 cm³/mol. The van der Waals surface area contributed by atoms with E-state index in [2.05, 4.69) is 10.6 Å². The average Bonchev–Trinajstić information content (AvgIpc) is 2.60. The Morgan fingerprint density at radius 1 is 1.03 bits per heavy atom. The number of rotatable bonds is 6. The van der Waals surface area contributed by atoms with Crippen LogP contribution in [0.15, 0.2) is 42.5 Å². The zero-order valence-electron chi connectivity index (χ0n) is 17.0. The molecule has 0 radical (unpaired) electrons. The first-order valence-corrected chi connectivity index (χ1v) is 11.5. The summed E-state index contributed by atoms with van der Waals surface area (Å²) in [6, 6.07) is 10.7.